The van der Waals surface area contributed by atoms with Gasteiger partial charge in [-0.1, -0.05) is 6.07 Å². The van der Waals surface area contributed by atoms with E-state index in [1.54, 1.807) is 0 Å². The summed E-state index contributed by atoms with van der Waals surface area (Å²) in [7, 11) is 2.01. The van der Waals surface area contributed by atoms with E-state index in [4.69, 9.17) is 4.74 Å². The Hall–Kier alpha value is -0.380. The monoisotopic (exact) mass is 241 g/mol. The third kappa shape index (κ3) is 5.64. The predicted molar refractivity (Wildman–Crippen MR) is 71.2 cm³/mol. The summed E-state index contributed by atoms with van der Waals surface area (Å²) in [5, 5.41) is 5.46. The van der Waals surface area contributed by atoms with Gasteiger partial charge in [-0.25, -0.2) is 0 Å². The first-order chi connectivity index (χ1) is 7.72. The van der Waals surface area contributed by atoms with Crippen LogP contribution in [-0.4, -0.2) is 25.8 Å². The first kappa shape index (κ1) is 13.7. The summed E-state index contributed by atoms with van der Waals surface area (Å²) in [5.74, 6) is 0. The molecule has 0 aliphatic rings. The van der Waals surface area contributed by atoms with Gasteiger partial charge in [0.2, 0.25) is 0 Å². The van der Waals surface area contributed by atoms with Crippen molar-refractivity contribution in [1.29, 1.82) is 0 Å². The van der Waals surface area contributed by atoms with Crippen LogP contribution in [0.15, 0.2) is 17.5 Å². The zero-order valence-corrected chi connectivity index (χ0v) is 11.3. The van der Waals surface area contributed by atoms with E-state index in [0.29, 0.717) is 12.1 Å². The van der Waals surface area contributed by atoms with Crippen molar-refractivity contribution in [3.63, 3.8) is 0 Å². The second-order valence-electron chi connectivity index (χ2n) is 4.34. The second-order valence-corrected chi connectivity index (χ2v) is 5.37. The number of aryl methyl sites for hydroxylation is 1. The summed E-state index contributed by atoms with van der Waals surface area (Å²) in [6.07, 6.45) is 3.93. The molecule has 0 spiro atoms. The number of hydrogen-bond donors (Lipinski definition) is 1. The quantitative estimate of drug-likeness (QED) is 0.755. The molecule has 0 radical (unpaired) electrons. The van der Waals surface area contributed by atoms with Crippen molar-refractivity contribution in [2.75, 3.05) is 13.7 Å². The highest BCUT2D eigenvalue weighted by atomic mass is 32.1. The molecule has 1 heterocycles. The summed E-state index contributed by atoms with van der Waals surface area (Å²) in [4.78, 5) is 1.49. The van der Waals surface area contributed by atoms with Gasteiger partial charge in [0.05, 0.1) is 12.7 Å². The number of likely N-dealkylation sites (N-methyl/N-ethyl adjacent to an activating group) is 1. The molecule has 0 fully saturated rings. The van der Waals surface area contributed by atoms with Crippen LogP contribution in [0.4, 0.5) is 0 Å². The van der Waals surface area contributed by atoms with Gasteiger partial charge in [-0.15, -0.1) is 11.3 Å². The fourth-order valence-corrected chi connectivity index (χ4v) is 2.35. The zero-order chi connectivity index (χ0) is 11.8. The Balaban J connectivity index is 2.13. The Kier molecular flexibility index (Phi) is 6.69. The van der Waals surface area contributed by atoms with Crippen LogP contribution in [0.5, 0.6) is 0 Å². The zero-order valence-electron chi connectivity index (χ0n) is 10.5. The lowest BCUT2D eigenvalue weighted by atomic mass is 10.1. The highest BCUT2D eigenvalue weighted by Crippen LogP contribution is 2.13. The maximum absolute atomic E-state index is 5.62. The van der Waals surface area contributed by atoms with Crippen LogP contribution in [-0.2, 0) is 11.2 Å². The van der Waals surface area contributed by atoms with Crippen molar-refractivity contribution in [3.8, 4) is 0 Å². The minimum Gasteiger partial charge on any atom is -0.377 e. The minimum absolute atomic E-state index is 0.327. The van der Waals surface area contributed by atoms with E-state index in [1.807, 2.05) is 18.4 Å². The van der Waals surface area contributed by atoms with Crippen molar-refractivity contribution in [1.82, 2.24) is 5.32 Å². The number of thiophene rings is 1. The molecule has 1 rings (SSSR count). The topological polar surface area (TPSA) is 21.3 Å². The molecule has 1 unspecified atom stereocenters. The third-order valence-corrected chi connectivity index (χ3v) is 3.53. The van der Waals surface area contributed by atoms with E-state index in [1.165, 1.54) is 24.1 Å². The maximum Gasteiger partial charge on any atom is 0.0622 e. The Morgan fingerprint density at radius 1 is 1.44 bits per heavy atom. The van der Waals surface area contributed by atoms with Gasteiger partial charge < -0.3 is 10.1 Å². The van der Waals surface area contributed by atoms with Crippen molar-refractivity contribution >= 4 is 11.3 Å². The lowest BCUT2D eigenvalue weighted by Crippen LogP contribution is -2.31. The summed E-state index contributed by atoms with van der Waals surface area (Å²) < 4.78 is 5.62. The SMILES string of the molecule is CNC(CCCc1cccs1)COC(C)C. The molecule has 0 saturated carbocycles. The predicted octanol–water partition coefficient (Wildman–Crippen LogP) is 3.08. The second kappa shape index (κ2) is 7.82. The van der Waals surface area contributed by atoms with Crippen LogP contribution >= 0.6 is 11.3 Å². The number of nitrogens with one attached hydrogen (secondary N) is 1. The van der Waals surface area contributed by atoms with Crippen molar-refractivity contribution in [2.45, 2.75) is 45.3 Å². The molecule has 0 aliphatic heterocycles. The van der Waals surface area contributed by atoms with Gasteiger partial charge in [0.25, 0.3) is 0 Å². The largest absolute Gasteiger partial charge is 0.377 e. The first-order valence-electron chi connectivity index (χ1n) is 6.03. The van der Waals surface area contributed by atoms with Gasteiger partial charge in [0.1, 0.15) is 0 Å². The van der Waals surface area contributed by atoms with E-state index < -0.39 is 0 Å². The lowest BCUT2D eigenvalue weighted by Gasteiger charge is -2.17. The summed E-state index contributed by atoms with van der Waals surface area (Å²) in [6.45, 7) is 4.98. The number of hydrogen-bond acceptors (Lipinski definition) is 3. The molecular formula is C13H23NOS. The highest BCUT2D eigenvalue weighted by Gasteiger charge is 2.07. The molecule has 1 aromatic rings. The summed E-state index contributed by atoms with van der Waals surface area (Å²) >= 11 is 1.85. The molecule has 0 saturated heterocycles. The van der Waals surface area contributed by atoms with E-state index in [2.05, 4.69) is 36.7 Å². The fraction of sp³-hybridized carbons (Fsp3) is 0.692. The van der Waals surface area contributed by atoms with E-state index >= 15 is 0 Å². The molecule has 0 bridgehead atoms. The van der Waals surface area contributed by atoms with Gasteiger partial charge in [-0.2, -0.15) is 0 Å². The molecule has 1 atom stereocenters. The van der Waals surface area contributed by atoms with Gasteiger partial charge in [0.15, 0.2) is 0 Å². The molecule has 3 heteroatoms. The molecule has 0 aromatic carbocycles. The smallest absolute Gasteiger partial charge is 0.0622 e. The third-order valence-electron chi connectivity index (χ3n) is 2.59. The van der Waals surface area contributed by atoms with Gasteiger partial charge in [0, 0.05) is 10.9 Å². The molecule has 0 aliphatic carbocycles. The minimum atomic E-state index is 0.327. The molecule has 16 heavy (non-hydrogen) atoms. The van der Waals surface area contributed by atoms with Crippen LogP contribution in [0.2, 0.25) is 0 Å². The number of rotatable bonds is 8. The summed E-state index contributed by atoms with van der Waals surface area (Å²) in [6, 6.07) is 4.82. The average Bonchev–Trinajstić information content (AvgIpc) is 2.75. The Morgan fingerprint density at radius 3 is 2.81 bits per heavy atom. The fourth-order valence-electron chi connectivity index (χ4n) is 1.60. The van der Waals surface area contributed by atoms with E-state index in [9.17, 15) is 0 Å². The van der Waals surface area contributed by atoms with Gasteiger partial charge in [-0.3, -0.25) is 0 Å². The highest BCUT2D eigenvalue weighted by molar-refractivity contribution is 7.09. The average molecular weight is 241 g/mol. The standard InChI is InChI=1S/C13H23NOS/c1-11(2)15-10-12(14-3)6-4-7-13-8-5-9-16-13/h5,8-9,11-12,14H,4,6-7,10H2,1-3H3. The van der Waals surface area contributed by atoms with E-state index in [0.717, 1.165) is 6.61 Å². The molecule has 92 valence electrons. The Bertz CT molecular complexity index is 259. The van der Waals surface area contributed by atoms with Gasteiger partial charge >= 0.3 is 0 Å². The van der Waals surface area contributed by atoms with E-state index in [-0.39, 0.29) is 0 Å². The molecule has 0 amide bonds. The number of ether oxygens (including phenoxy) is 1. The molecule has 2 nitrogen and oxygen atoms in total. The van der Waals surface area contributed by atoms with Crippen LogP contribution in [0.25, 0.3) is 0 Å². The van der Waals surface area contributed by atoms with Crippen molar-refractivity contribution < 1.29 is 4.74 Å². The molecular weight excluding hydrogens is 218 g/mol. The summed E-state index contributed by atoms with van der Waals surface area (Å²) in [5.41, 5.74) is 0. The molecule has 1 N–H and O–H groups in total. The Labute approximate surface area is 103 Å². The van der Waals surface area contributed by atoms with Crippen molar-refractivity contribution in [3.05, 3.63) is 22.4 Å². The maximum atomic E-state index is 5.62. The van der Waals surface area contributed by atoms with Crippen LogP contribution < -0.4 is 5.32 Å². The van der Waals surface area contributed by atoms with Crippen molar-refractivity contribution in [2.24, 2.45) is 0 Å². The van der Waals surface area contributed by atoms with Crippen LogP contribution in [0, 0.1) is 0 Å². The van der Waals surface area contributed by atoms with Crippen LogP contribution in [0.3, 0.4) is 0 Å². The molecule has 1 aromatic heterocycles. The Morgan fingerprint density at radius 2 is 2.25 bits per heavy atom. The van der Waals surface area contributed by atoms with Crippen LogP contribution in [0.1, 0.15) is 31.6 Å². The first-order valence-corrected chi connectivity index (χ1v) is 6.91. The normalized spacial score (nSPS) is 13.2. The van der Waals surface area contributed by atoms with Gasteiger partial charge in [-0.05, 0) is 51.6 Å². The lowest BCUT2D eigenvalue weighted by molar-refractivity contribution is 0.0607.